The van der Waals surface area contributed by atoms with Crippen LogP contribution < -0.4 is 5.32 Å². The number of aliphatic hydroxyl groups is 2. The van der Waals surface area contributed by atoms with Crippen molar-refractivity contribution in [3.63, 3.8) is 0 Å². The van der Waals surface area contributed by atoms with Crippen molar-refractivity contribution in [3.05, 3.63) is 0 Å². The molecule has 0 radical (unpaired) electrons. The molecule has 0 heterocycles. The lowest BCUT2D eigenvalue weighted by Gasteiger charge is -2.29. The molecule has 3 N–H and O–H groups in total. The molecule has 1 aliphatic rings. The topological polar surface area (TPSA) is 71.0 Å². The molecule has 1 saturated carbocycles. The number of rotatable bonds is 10. The molecule has 0 aromatic carbocycles. The van der Waals surface area contributed by atoms with Crippen LogP contribution in [0, 0.1) is 24.2 Å². The van der Waals surface area contributed by atoms with Gasteiger partial charge in [0.2, 0.25) is 0 Å². The maximum Gasteiger partial charge on any atom is 0.107 e. The number of nitrogens with one attached hydrogen (secondary N) is 1. The van der Waals surface area contributed by atoms with Crippen molar-refractivity contribution in [2.75, 3.05) is 39.6 Å². The van der Waals surface area contributed by atoms with Crippen LogP contribution in [0.1, 0.15) is 25.7 Å². The van der Waals surface area contributed by atoms with Crippen molar-refractivity contribution in [1.82, 2.24) is 5.32 Å². The van der Waals surface area contributed by atoms with Gasteiger partial charge in [0.05, 0.1) is 33.0 Å². The molecule has 1 aliphatic carbocycles. The van der Waals surface area contributed by atoms with Gasteiger partial charge in [-0.1, -0.05) is 0 Å². The number of hydrogen-bond acceptors (Lipinski definition) is 5. The van der Waals surface area contributed by atoms with Gasteiger partial charge in [-0.25, -0.2) is 0 Å². The molecular formula is C15H27NO4. The van der Waals surface area contributed by atoms with Gasteiger partial charge in [0.15, 0.2) is 0 Å². The molecule has 20 heavy (non-hydrogen) atoms. The first-order valence-electron chi connectivity index (χ1n) is 7.42. The SMILES string of the molecule is C#CC1CCC(C(O)NCCOCCOCCO)CC1. The predicted octanol–water partition coefficient (Wildman–Crippen LogP) is 0.360. The molecule has 1 unspecified atom stereocenters. The molecule has 0 saturated heterocycles. The van der Waals surface area contributed by atoms with Crippen LogP contribution >= 0.6 is 0 Å². The van der Waals surface area contributed by atoms with Gasteiger partial charge in [-0.05, 0) is 31.6 Å². The number of hydrogen-bond donors (Lipinski definition) is 3. The van der Waals surface area contributed by atoms with E-state index in [-0.39, 0.29) is 6.61 Å². The van der Waals surface area contributed by atoms with Gasteiger partial charge >= 0.3 is 0 Å². The van der Waals surface area contributed by atoms with Crippen molar-refractivity contribution >= 4 is 0 Å². The Kier molecular flexibility index (Phi) is 9.63. The fourth-order valence-electron chi connectivity index (χ4n) is 2.43. The third-order valence-electron chi connectivity index (χ3n) is 3.66. The van der Waals surface area contributed by atoms with Gasteiger partial charge in [0.25, 0.3) is 0 Å². The largest absolute Gasteiger partial charge is 0.394 e. The van der Waals surface area contributed by atoms with Crippen molar-refractivity contribution in [3.8, 4) is 12.3 Å². The van der Waals surface area contributed by atoms with Crippen LogP contribution in [0.2, 0.25) is 0 Å². The summed E-state index contributed by atoms with van der Waals surface area (Å²) in [6.45, 7) is 2.54. The predicted molar refractivity (Wildman–Crippen MR) is 77.0 cm³/mol. The Hall–Kier alpha value is -0.640. The third kappa shape index (κ3) is 7.22. The summed E-state index contributed by atoms with van der Waals surface area (Å²) in [4.78, 5) is 0. The average Bonchev–Trinajstić information content (AvgIpc) is 2.50. The summed E-state index contributed by atoms with van der Waals surface area (Å²) in [5, 5.41) is 21.6. The van der Waals surface area contributed by atoms with Crippen LogP contribution in [0.25, 0.3) is 0 Å². The van der Waals surface area contributed by atoms with Crippen molar-refractivity contribution in [2.24, 2.45) is 11.8 Å². The Morgan fingerprint density at radius 2 is 1.75 bits per heavy atom. The second kappa shape index (κ2) is 11.1. The summed E-state index contributed by atoms with van der Waals surface area (Å²) in [5.74, 6) is 3.48. The van der Waals surface area contributed by atoms with Gasteiger partial charge in [-0.3, -0.25) is 5.32 Å². The highest BCUT2D eigenvalue weighted by Gasteiger charge is 2.25. The fraction of sp³-hybridized carbons (Fsp3) is 0.867. The maximum absolute atomic E-state index is 10.0. The first-order valence-corrected chi connectivity index (χ1v) is 7.42. The lowest BCUT2D eigenvalue weighted by molar-refractivity contribution is 0.0199. The van der Waals surface area contributed by atoms with E-state index >= 15 is 0 Å². The first kappa shape index (κ1) is 17.4. The molecular weight excluding hydrogens is 258 g/mol. The van der Waals surface area contributed by atoms with E-state index in [2.05, 4.69) is 11.2 Å². The van der Waals surface area contributed by atoms with Crippen molar-refractivity contribution < 1.29 is 19.7 Å². The van der Waals surface area contributed by atoms with E-state index in [9.17, 15) is 5.11 Å². The highest BCUT2D eigenvalue weighted by atomic mass is 16.5. The van der Waals surface area contributed by atoms with E-state index in [1.54, 1.807) is 0 Å². The minimum Gasteiger partial charge on any atom is -0.394 e. The lowest BCUT2D eigenvalue weighted by atomic mass is 9.81. The molecule has 0 aromatic rings. The molecule has 1 rings (SSSR count). The van der Waals surface area contributed by atoms with E-state index in [0.717, 1.165) is 25.7 Å². The van der Waals surface area contributed by atoms with E-state index in [0.29, 0.717) is 44.8 Å². The van der Waals surface area contributed by atoms with Crippen molar-refractivity contribution in [2.45, 2.75) is 31.9 Å². The van der Waals surface area contributed by atoms with E-state index in [1.807, 2.05) is 0 Å². The van der Waals surface area contributed by atoms with Crippen LogP contribution in [0.15, 0.2) is 0 Å². The molecule has 1 atom stereocenters. The minimum atomic E-state index is -0.469. The average molecular weight is 285 g/mol. The van der Waals surface area contributed by atoms with Crippen LogP contribution in [-0.4, -0.2) is 56.0 Å². The highest BCUT2D eigenvalue weighted by Crippen LogP contribution is 2.29. The summed E-state index contributed by atoms with van der Waals surface area (Å²) in [5.41, 5.74) is 0. The standard InChI is InChI=1S/C15H27NO4/c1-2-13-3-5-14(6-4-13)15(18)16-7-9-19-11-12-20-10-8-17/h1,13-18H,3-12H2. The summed E-state index contributed by atoms with van der Waals surface area (Å²) >= 11 is 0. The molecule has 0 aliphatic heterocycles. The van der Waals surface area contributed by atoms with Gasteiger partial charge in [-0.2, -0.15) is 0 Å². The molecule has 0 spiro atoms. The van der Waals surface area contributed by atoms with Crippen LogP contribution in [-0.2, 0) is 9.47 Å². The first-order chi connectivity index (χ1) is 9.77. The smallest absolute Gasteiger partial charge is 0.107 e. The van der Waals surface area contributed by atoms with Gasteiger partial charge in [0.1, 0.15) is 6.23 Å². The van der Waals surface area contributed by atoms with E-state index in [1.165, 1.54) is 0 Å². The number of aliphatic hydroxyl groups excluding tert-OH is 2. The zero-order valence-electron chi connectivity index (χ0n) is 12.1. The van der Waals surface area contributed by atoms with E-state index < -0.39 is 6.23 Å². The Labute approximate surface area is 121 Å². The lowest BCUT2D eigenvalue weighted by Crippen LogP contribution is -2.39. The minimum absolute atomic E-state index is 0.0374. The Morgan fingerprint density at radius 1 is 1.10 bits per heavy atom. The quantitative estimate of drug-likeness (QED) is 0.307. The second-order valence-electron chi connectivity index (χ2n) is 5.13. The summed E-state index contributed by atoms with van der Waals surface area (Å²) in [6, 6.07) is 0. The second-order valence-corrected chi connectivity index (χ2v) is 5.13. The number of ether oxygens (including phenoxy) is 2. The molecule has 0 aromatic heterocycles. The van der Waals surface area contributed by atoms with Crippen LogP contribution in [0.3, 0.4) is 0 Å². The fourth-order valence-corrected chi connectivity index (χ4v) is 2.43. The van der Waals surface area contributed by atoms with Gasteiger partial charge < -0.3 is 19.7 Å². The highest BCUT2D eigenvalue weighted by molar-refractivity contribution is 4.95. The Balaban J connectivity index is 1.95. The van der Waals surface area contributed by atoms with Crippen molar-refractivity contribution in [1.29, 1.82) is 0 Å². The maximum atomic E-state index is 10.0. The summed E-state index contributed by atoms with van der Waals surface area (Å²) in [6.07, 6.45) is 8.94. The van der Waals surface area contributed by atoms with Crippen LogP contribution in [0.5, 0.6) is 0 Å². The van der Waals surface area contributed by atoms with Gasteiger partial charge in [0, 0.05) is 12.5 Å². The monoisotopic (exact) mass is 285 g/mol. The zero-order valence-corrected chi connectivity index (χ0v) is 12.1. The molecule has 0 bridgehead atoms. The molecule has 5 nitrogen and oxygen atoms in total. The summed E-state index contributed by atoms with van der Waals surface area (Å²) in [7, 11) is 0. The molecule has 116 valence electrons. The Bertz CT molecular complexity index is 272. The van der Waals surface area contributed by atoms with Crippen LogP contribution in [0.4, 0.5) is 0 Å². The van der Waals surface area contributed by atoms with E-state index in [4.69, 9.17) is 21.0 Å². The third-order valence-corrected chi connectivity index (χ3v) is 3.66. The molecule has 5 heteroatoms. The number of terminal acetylenes is 1. The summed E-state index contributed by atoms with van der Waals surface area (Å²) < 4.78 is 10.4. The normalized spacial score (nSPS) is 24.2. The molecule has 0 amide bonds. The molecule has 1 fully saturated rings. The Morgan fingerprint density at radius 3 is 2.35 bits per heavy atom. The zero-order chi connectivity index (χ0) is 14.6. The van der Waals surface area contributed by atoms with Gasteiger partial charge in [-0.15, -0.1) is 12.3 Å².